The molecular formula is C15H28N3O2. The molecule has 0 aromatic carbocycles. The molecule has 2 fully saturated rings. The topological polar surface area (TPSA) is 55.5 Å². The Bertz CT molecular complexity index is 344. The lowest BCUT2D eigenvalue weighted by atomic mass is 9.79. The van der Waals surface area contributed by atoms with Crippen LogP contribution < -0.4 is 5.32 Å². The number of hydroxylamine groups is 2. The van der Waals surface area contributed by atoms with Crippen LogP contribution in [0.5, 0.6) is 0 Å². The number of nitrogens with one attached hydrogen (secondary N) is 1. The second kappa shape index (κ2) is 5.53. The summed E-state index contributed by atoms with van der Waals surface area (Å²) in [6.07, 6.45) is 4.84. The van der Waals surface area contributed by atoms with Gasteiger partial charge in [0.2, 0.25) is 0 Å². The lowest BCUT2D eigenvalue weighted by molar-refractivity contribution is -0.289. The molecule has 0 saturated carbocycles. The van der Waals surface area contributed by atoms with Gasteiger partial charge in [-0.05, 0) is 59.8 Å². The first-order valence-electron chi connectivity index (χ1n) is 7.75. The summed E-state index contributed by atoms with van der Waals surface area (Å²) in [5.41, 5.74) is -0.858. The van der Waals surface area contributed by atoms with E-state index >= 15 is 0 Å². The molecule has 5 nitrogen and oxygen atoms in total. The minimum atomic E-state index is -0.429. The van der Waals surface area contributed by atoms with E-state index in [0.29, 0.717) is 12.8 Å². The summed E-state index contributed by atoms with van der Waals surface area (Å²) in [6.45, 7) is 9.56. The lowest BCUT2D eigenvalue weighted by Gasteiger charge is -2.50. The Balaban J connectivity index is 1.97. The van der Waals surface area contributed by atoms with Crippen molar-refractivity contribution in [2.75, 3.05) is 13.1 Å². The van der Waals surface area contributed by atoms with Crippen LogP contribution in [0.2, 0.25) is 0 Å². The monoisotopic (exact) mass is 282 g/mol. The number of carbonyl (C=O) groups excluding carboxylic acids is 1. The highest BCUT2D eigenvalue weighted by Gasteiger charge is 2.46. The number of hydrogen-bond donors (Lipinski definition) is 1. The van der Waals surface area contributed by atoms with Crippen molar-refractivity contribution < 1.29 is 10.0 Å². The van der Waals surface area contributed by atoms with E-state index in [9.17, 15) is 10.0 Å². The van der Waals surface area contributed by atoms with Crippen molar-refractivity contribution in [3.63, 3.8) is 0 Å². The van der Waals surface area contributed by atoms with Gasteiger partial charge in [-0.25, -0.2) is 4.79 Å². The Hall–Kier alpha value is -0.810. The fourth-order valence-corrected chi connectivity index (χ4v) is 3.73. The third-order valence-corrected chi connectivity index (χ3v) is 4.56. The predicted octanol–water partition coefficient (Wildman–Crippen LogP) is 2.55. The molecule has 0 aromatic heterocycles. The maximum absolute atomic E-state index is 12.3. The SMILES string of the molecule is CC1(C)CC(NC(=O)N2CCCCC2)CC(C)(C)N1[O]. The Labute approximate surface area is 122 Å². The second-order valence-electron chi connectivity index (χ2n) is 7.52. The molecule has 20 heavy (non-hydrogen) atoms. The van der Waals surface area contributed by atoms with E-state index in [0.717, 1.165) is 25.9 Å². The number of amides is 2. The largest absolute Gasteiger partial charge is 0.335 e. The van der Waals surface area contributed by atoms with Gasteiger partial charge in [0.1, 0.15) is 0 Å². The van der Waals surface area contributed by atoms with Gasteiger partial charge in [-0.2, -0.15) is 0 Å². The van der Waals surface area contributed by atoms with Crippen molar-refractivity contribution in [3.05, 3.63) is 0 Å². The molecule has 2 saturated heterocycles. The minimum Gasteiger partial charge on any atom is -0.335 e. The summed E-state index contributed by atoms with van der Waals surface area (Å²) in [6, 6.07) is 0.125. The van der Waals surface area contributed by atoms with E-state index in [1.165, 1.54) is 11.5 Å². The number of likely N-dealkylation sites (tertiary alicyclic amines) is 1. The summed E-state index contributed by atoms with van der Waals surface area (Å²) < 4.78 is 0. The van der Waals surface area contributed by atoms with Crippen LogP contribution in [0, 0.1) is 0 Å². The first-order chi connectivity index (χ1) is 9.22. The molecule has 5 heteroatoms. The number of urea groups is 1. The minimum absolute atomic E-state index is 0.0423. The zero-order chi connectivity index (χ0) is 15.0. The van der Waals surface area contributed by atoms with Crippen molar-refractivity contribution >= 4 is 6.03 Å². The Morgan fingerprint density at radius 1 is 1.00 bits per heavy atom. The highest BCUT2D eigenvalue weighted by atomic mass is 16.5. The van der Waals surface area contributed by atoms with Gasteiger partial charge in [0.15, 0.2) is 0 Å². The summed E-state index contributed by atoms with van der Waals surface area (Å²) in [5.74, 6) is 0. The van der Waals surface area contributed by atoms with E-state index in [2.05, 4.69) is 5.32 Å². The van der Waals surface area contributed by atoms with Crippen molar-refractivity contribution in [3.8, 4) is 0 Å². The normalized spacial score (nSPS) is 27.4. The molecule has 0 spiro atoms. The van der Waals surface area contributed by atoms with Crippen LogP contribution in [0.1, 0.15) is 59.8 Å². The molecule has 0 bridgehead atoms. The van der Waals surface area contributed by atoms with E-state index in [4.69, 9.17) is 0 Å². The van der Waals surface area contributed by atoms with Crippen LogP contribution in [-0.4, -0.2) is 46.2 Å². The number of carbonyl (C=O) groups is 1. The molecule has 2 amide bonds. The average molecular weight is 282 g/mol. The van der Waals surface area contributed by atoms with Gasteiger partial charge in [-0.1, -0.05) is 0 Å². The lowest BCUT2D eigenvalue weighted by Crippen LogP contribution is -2.63. The molecule has 0 aliphatic carbocycles. The van der Waals surface area contributed by atoms with E-state index in [1.54, 1.807) is 0 Å². The molecule has 1 N–H and O–H groups in total. The zero-order valence-corrected chi connectivity index (χ0v) is 13.2. The molecular weight excluding hydrogens is 254 g/mol. The smallest absolute Gasteiger partial charge is 0.317 e. The Morgan fingerprint density at radius 3 is 2.00 bits per heavy atom. The van der Waals surface area contributed by atoms with Crippen molar-refractivity contribution in [1.29, 1.82) is 0 Å². The van der Waals surface area contributed by atoms with Gasteiger partial charge in [0.25, 0.3) is 0 Å². The Morgan fingerprint density at radius 2 is 1.50 bits per heavy atom. The summed E-state index contributed by atoms with van der Waals surface area (Å²) in [5, 5.41) is 16.6. The van der Waals surface area contributed by atoms with E-state index in [1.807, 2.05) is 32.6 Å². The zero-order valence-electron chi connectivity index (χ0n) is 13.2. The Kier molecular flexibility index (Phi) is 4.30. The quantitative estimate of drug-likeness (QED) is 0.803. The summed E-state index contributed by atoms with van der Waals surface area (Å²) in [7, 11) is 0. The van der Waals surface area contributed by atoms with Crippen molar-refractivity contribution in [2.24, 2.45) is 0 Å². The maximum atomic E-state index is 12.3. The first kappa shape index (κ1) is 15.6. The van der Waals surface area contributed by atoms with Gasteiger partial charge in [-0.3, -0.25) is 0 Å². The third kappa shape index (κ3) is 3.26. The molecule has 115 valence electrons. The van der Waals surface area contributed by atoms with Crippen molar-refractivity contribution in [1.82, 2.24) is 15.3 Å². The number of nitrogens with zero attached hydrogens (tertiary/aromatic N) is 2. The van der Waals surface area contributed by atoms with Gasteiger partial charge < -0.3 is 10.2 Å². The molecule has 2 rings (SSSR count). The van der Waals surface area contributed by atoms with Crippen LogP contribution in [0.3, 0.4) is 0 Å². The number of rotatable bonds is 1. The highest BCUT2D eigenvalue weighted by Crippen LogP contribution is 2.37. The molecule has 0 aromatic rings. The highest BCUT2D eigenvalue weighted by molar-refractivity contribution is 5.74. The molecule has 1 radical (unpaired) electrons. The van der Waals surface area contributed by atoms with E-state index < -0.39 is 11.1 Å². The fraction of sp³-hybridized carbons (Fsp3) is 0.933. The maximum Gasteiger partial charge on any atom is 0.317 e. The molecule has 2 heterocycles. The molecule has 2 aliphatic rings. The predicted molar refractivity (Wildman–Crippen MR) is 77.7 cm³/mol. The average Bonchev–Trinajstić information content (AvgIpc) is 2.36. The van der Waals surface area contributed by atoms with Crippen LogP contribution >= 0.6 is 0 Å². The first-order valence-corrected chi connectivity index (χ1v) is 7.75. The van der Waals surface area contributed by atoms with Crippen LogP contribution in [0.25, 0.3) is 0 Å². The molecule has 0 atom stereocenters. The molecule has 2 aliphatic heterocycles. The van der Waals surface area contributed by atoms with Gasteiger partial charge in [0.05, 0.1) is 0 Å². The second-order valence-corrected chi connectivity index (χ2v) is 7.52. The number of hydrogen-bond acceptors (Lipinski definition) is 2. The van der Waals surface area contributed by atoms with Gasteiger partial charge in [-0.15, -0.1) is 10.3 Å². The molecule has 0 unspecified atom stereocenters. The van der Waals surface area contributed by atoms with Crippen LogP contribution in [-0.2, 0) is 5.21 Å². The van der Waals surface area contributed by atoms with Gasteiger partial charge >= 0.3 is 6.03 Å². The van der Waals surface area contributed by atoms with Crippen LogP contribution in [0.4, 0.5) is 4.79 Å². The fourth-order valence-electron chi connectivity index (χ4n) is 3.73. The van der Waals surface area contributed by atoms with Crippen LogP contribution in [0.15, 0.2) is 0 Å². The van der Waals surface area contributed by atoms with E-state index in [-0.39, 0.29) is 12.1 Å². The van der Waals surface area contributed by atoms with Crippen molar-refractivity contribution in [2.45, 2.75) is 76.9 Å². The standard InChI is InChI=1S/C15H28N3O2/c1-14(2)10-12(11-15(3,4)18(14)20)16-13(19)17-8-6-5-7-9-17/h12H,5-11H2,1-4H3,(H,16,19). The summed E-state index contributed by atoms with van der Waals surface area (Å²) >= 11 is 0. The number of piperidine rings is 2. The van der Waals surface area contributed by atoms with Gasteiger partial charge in [0, 0.05) is 30.2 Å². The summed E-state index contributed by atoms with van der Waals surface area (Å²) in [4.78, 5) is 14.2. The third-order valence-electron chi connectivity index (χ3n) is 4.56.